The molecule has 0 aromatic carbocycles. The zero-order valence-electron chi connectivity index (χ0n) is 13.2. The molecule has 1 fully saturated rings. The normalized spacial score (nSPS) is 21.2. The van der Waals surface area contributed by atoms with E-state index in [-0.39, 0.29) is 6.04 Å². The van der Waals surface area contributed by atoms with Gasteiger partial charge in [-0.05, 0) is 40.0 Å². The number of nitrogens with two attached hydrogens (primary N) is 1. The number of aromatic nitrogens is 2. The molecular formula is C15H28N4O. The minimum absolute atomic E-state index is 0.157. The lowest BCUT2D eigenvalue weighted by Crippen LogP contribution is -2.41. The molecule has 5 nitrogen and oxygen atoms in total. The maximum Gasteiger partial charge on any atom is 0.130 e. The van der Waals surface area contributed by atoms with Gasteiger partial charge in [-0.2, -0.15) is 5.10 Å². The standard InChI is InChI=1S/C15H28N4O/c1-5-20-13-7-6-8-19(10-13)15-14(9-11(2)16)12(3)17-18(15)4/h11,13H,5-10,16H2,1-4H3. The lowest BCUT2D eigenvalue weighted by atomic mass is 10.0. The van der Waals surface area contributed by atoms with Gasteiger partial charge in [0.25, 0.3) is 0 Å². The molecule has 2 atom stereocenters. The number of anilines is 1. The molecule has 2 heterocycles. The molecule has 2 unspecified atom stereocenters. The van der Waals surface area contributed by atoms with Gasteiger partial charge in [0.05, 0.1) is 11.8 Å². The van der Waals surface area contributed by atoms with Crippen molar-refractivity contribution in [1.82, 2.24) is 9.78 Å². The summed E-state index contributed by atoms with van der Waals surface area (Å²) in [5.74, 6) is 1.23. The average Bonchev–Trinajstić information content (AvgIpc) is 2.64. The van der Waals surface area contributed by atoms with Crippen molar-refractivity contribution in [1.29, 1.82) is 0 Å². The molecule has 0 bridgehead atoms. The number of nitrogens with zero attached hydrogens (tertiary/aromatic N) is 3. The van der Waals surface area contributed by atoms with Crippen LogP contribution in [0.5, 0.6) is 0 Å². The summed E-state index contributed by atoms with van der Waals surface area (Å²) in [6, 6.07) is 0.157. The predicted octanol–water partition coefficient (Wildman–Crippen LogP) is 1.62. The van der Waals surface area contributed by atoms with Crippen LogP contribution in [0.3, 0.4) is 0 Å². The Morgan fingerprint density at radius 3 is 2.90 bits per heavy atom. The Bertz CT molecular complexity index is 439. The number of hydrogen-bond acceptors (Lipinski definition) is 4. The van der Waals surface area contributed by atoms with Crippen molar-refractivity contribution in [3.63, 3.8) is 0 Å². The van der Waals surface area contributed by atoms with Crippen LogP contribution >= 0.6 is 0 Å². The summed E-state index contributed by atoms with van der Waals surface area (Å²) in [5, 5.41) is 4.59. The van der Waals surface area contributed by atoms with Gasteiger partial charge in [0.15, 0.2) is 0 Å². The first kappa shape index (κ1) is 15.3. The molecule has 1 aromatic heterocycles. The Kier molecular flexibility index (Phi) is 5.05. The second-order valence-corrected chi connectivity index (χ2v) is 5.86. The van der Waals surface area contributed by atoms with E-state index in [9.17, 15) is 0 Å². The molecule has 1 aliphatic heterocycles. The van der Waals surface area contributed by atoms with Crippen LogP contribution < -0.4 is 10.6 Å². The highest BCUT2D eigenvalue weighted by Gasteiger charge is 2.26. The van der Waals surface area contributed by atoms with Gasteiger partial charge >= 0.3 is 0 Å². The van der Waals surface area contributed by atoms with Crippen molar-refractivity contribution in [3.05, 3.63) is 11.3 Å². The minimum atomic E-state index is 0.157. The smallest absolute Gasteiger partial charge is 0.130 e. The summed E-state index contributed by atoms with van der Waals surface area (Å²) < 4.78 is 7.81. The van der Waals surface area contributed by atoms with Crippen LogP contribution in [0.25, 0.3) is 0 Å². The van der Waals surface area contributed by atoms with Crippen molar-refractivity contribution < 1.29 is 4.74 Å². The summed E-state index contributed by atoms with van der Waals surface area (Å²) in [4.78, 5) is 2.42. The van der Waals surface area contributed by atoms with Crippen molar-refractivity contribution in [3.8, 4) is 0 Å². The van der Waals surface area contributed by atoms with Gasteiger partial charge in [0, 0.05) is 38.3 Å². The Balaban J connectivity index is 2.22. The first-order valence-electron chi connectivity index (χ1n) is 7.67. The molecule has 2 N–H and O–H groups in total. The number of rotatable bonds is 5. The fourth-order valence-electron chi connectivity index (χ4n) is 3.15. The van der Waals surface area contributed by atoms with Gasteiger partial charge in [0.1, 0.15) is 5.82 Å². The van der Waals surface area contributed by atoms with E-state index in [0.717, 1.165) is 38.2 Å². The Morgan fingerprint density at radius 1 is 1.50 bits per heavy atom. The fraction of sp³-hybridized carbons (Fsp3) is 0.800. The van der Waals surface area contributed by atoms with Gasteiger partial charge in [-0.15, -0.1) is 0 Å². The van der Waals surface area contributed by atoms with Gasteiger partial charge in [-0.1, -0.05) is 0 Å². The van der Waals surface area contributed by atoms with Crippen molar-refractivity contribution >= 4 is 5.82 Å². The van der Waals surface area contributed by atoms with Crippen molar-refractivity contribution in [2.24, 2.45) is 12.8 Å². The van der Waals surface area contributed by atoms with E-state index in [1.165, 1.54) is 17.8 Å². The van der Waals surface area contributed by atoms with E-state index in [1.54, 1.807) is 0 Å². The molecule has 20 heavy (non-hydrogen) atoms. The lowest BCUT2D eigenvalue weighted by Gasteiger charge is -2.34. The van der Waals surface area contributed by atoms with Crippen LogP contribution in [0.4, 0.5) is 5.82 Å². The minimum Gasteiger partial charge on any atom is -0.377 e. The zero-order chi connectivity index (χ0) is 14.7. The highest BCUT2D eigenvalue weighted by atomic mass is 16.5. The Morgan fingerprint density at radius 2 is 2.25 bits per heavy atom. The molecule has 2 rings (SSSR count). The van der Waals surface area contributed by atoms with Crippen LogP contribution in [0.15, 0.2) is 0 Å². The van der Waals surface area contributed by atoms with E-state index < -0.39 is 0 Å². The number of ether oxygens (including phenoxy) is 1. The van der Waals surface area contributed by atoms with E-state index >= 15 is 0 Å². The molecule has 0 amide bonds. The van der Waals surface area contributed by atoms with E-state index in [0.29, 0.717) is 6.10 Å². The van der Waals surface area contributed by atoms with Crippen LogP contribution in [0, 0.1) is 6.92 Å². The largest absolute Gasteiger partial charge is 0.377 e. The third-order valence-electron chi connectivity index (χ3n) is 3.92. The first-order chi connectivity index (χ1) is 9.52. The highest BCUT2D eigenvalue weighted by molar-refractivity contribution is 5.51. The Labute approximate surface area is 122 Å². The van der Waals surface area contributed by atoms with Gasteiger partial charge in [0.2, 0.25) is 0 Å². The number of hydrogen-bond donors (Lipinski definition) is 1. The van der Waals surface area contributed by atoms with Crippen molar-refractivity contribution in [2.75, 3.05) is 24.6 Å². The molecule has 1 saturated heterocycles. The third kappa shape index (κ3) is 3.33. The van der Waals surface area contributed by atoms with Crippen molar-refractivity contribution in [2.45, 2.75) is 52.2 Å². The van der Waals surface area contributed by atoms with Gasteiger partial charge in [-0.3, -0.25) is 4.68 Å². The third-order valence-corrected chi connectivity index (χ3v) is 3.92. The predicted molar refractivity (Wildman–Crippen MR) is 82.2 cm³/mol. The van der Waals surface area contributed by atoms with Crippen LogP contribution in [0.1, 0.15) is 37.9 Å². The van der Waals surface area contributed by atoms with Crippen LogP contribution in [-0.4, -0.2) is 41.6 Å². The first-order valence-corrected chi connectivity index (χ1v) is 7.67. The molecular weight excluding hydrogens is 252 g/mol. The molecule has 1 aliphatic rings. The van der Waals surface area contributed by atoms with Gasteiger partial charge < -0.3 is 15.4 Å². The SMILES string of the molecule is CCOC1CCCN(c2c(CC(C)N)c(C)nn2C)C1. The second-order valence-electron chi connectivity index (χ2n) is 5.86. The molecule has 0 saturated carbocycles. The molecule has 5 heteroatoms. The fourth-order valence-corrected chi connectivity index (χ4v) is 3.15. The monoisotopic (exact) mass is 280 g/mol. The molecule has 0 aliphatic carbocycles. The number of piperidine rings is 1. The van der Waals surface area contributed by atoms with E-state index in [2.05, 4.69) is 30.8 Å². The lowest BCUT2D eigenvalue weighted by molar-refractivity contribution is 0.0523. The summed E-state index contributed by atoms with van der Waals surface area (Å²) in [7, 11) is 2.03. The molecule has 0 radical (unpaired) electrons. The van der Waals surface area contributed by atoms with Crippen LogP contribution in [-0.2, 0) is 18.2 Å². The molecule has 1 aromatic rings. The summed E-state index contributed by atoms with van der Waals surface area (Å²) in [6.07, 6.45) is 3.55. The maximum absolute atomic E-state index is 6.00. The maximum atomic E-state index is 6.00. The average molecular weight is 280 g/mol. The van der Waals surface area contributed by atoms with E-state index in [1.807, 2.05) is 11.7 Å². The topological polar surface area (TPSA) is 56.3 Å². The van der Waals surface area contributed by atoms with Gasteiger partial charge in [-0.25, -0.2) is 0 Å². The Hall–Kier alpha value is -1.07. The quantitative estimate of drug-likeness (QED) is 0.890. The molecule has 0 spiro atoms. The van der Waals surface area contributed by atoms with Crippen LogP contribution in [0.2, 0.25) is 0 Å². The highest BCUT2D eigenvalue weighted by Crippen LogP contribution is 2.27. The second kappa shape index (κ2) is 6.59. The zero-order valence-corrected chi connectivity index (χ0v) is 13.2. The molecule has 114 valence electrons. The summed E-state index contributed by atoms with van der Waals surface area (Å²) >= 11 is 0. The van der Waals surface area contributed by atoms with E-state index in [4.69, 9.17) is 10.5 Å². The summed E-state index contributed by atoms with van der Waals surface area (Å²) in [5.41, 5.74) is 8.38. The summed E-state index contributed by atoms with van der Waals surface area (Å²) in [6.45, 7) is 9.01. The number of aryl methyl sites for hydroxylation is 2.